The molecule has 0 aromatic heterocycles. The van der Waals surface area contributed by atoms with Crippen LogP contribution < -0.4 is 4.74 Å². The molecule has 0 bridgehead atoms. The lowest BCUT2D eigenvalue weighted by atomic mass is 10.1. The summed E-state index contributed by atoms with van der Waals surface area (Å²) < 4.78 is 4.89. The number of phenolic OH excluding ortho intramolecular Hbond substituents is 1. The standard InChI is InChI=1S/C9H11N3O2/c1-14-9-3-2-7(6-8(9)13)4-5-11-12-10/h2-3,6,13H,4-5H2,1H3. The van der Waals surface area contributed by atoms with E-state index in [2.05, 4.69) is 10.0 Å². The van der Waals surface area contributed by atoms with Gasteiger partial charge in [0.15, 0.2) is 11.5 Å². The van der Waals surface area contributed by atoms with Crippen molar-refractivity contribution in [2.24, 2.45) is 5.11 Å². The van der Waals surface area contributed by atoms with E-state index >= 15 is 0 Å². The molecule has 0 radical (unpaired) electrons. The zero-order valence-electron chi connectivity index (χ0n) is 7.84. The van der Waals surface area contributed by atoms with Gasteiger partial charge in [0.25, 0.3) is 0 Å². The van der Waals surface area contributed by atoms with Crippen molar-refractivity contribution < 1.29 is 9.84 Å². The summed E-state index contributed by atoms with van der Waals surface area (Å²) in [7, 11) is 1.49. The van der Waals surface area contributed by atoms with Crippen LogP contribution in [-0.4, -0.2) is 18.8 Å². The van der Waals surface area contributed by atoms with Crippen LogP contribution in [0.25, 0.3) is 10.4 Å². The lowest BCUT2D eigenvalue weighted by molar-refractivity contribution is 0.373. The molecule has 0 unspecified atom stereocenters. The second kappa shape index (κ2) is 4.99. The maximum absolute atomic E-state index is 9.42. The van der Waals surface area contributed by atoms with Gasteiger partial charge in [-0.1, -0.05) is 11.2 Å². The third-order valence-corrected chi connectivity index (χ3v) is 1.81. The van der Waals surface area contributed by atoms with Crippen LogP contribution in [0.5, 0.6) is 11.5 Å². The number of aromatic hydroxyl groups is 1. The number of hydrogen-bond acceptors (Lipinski definition) is 3. The van der Waals surface area contributed by atoms with Crippen LogP contribution in [0.4, 0.5) is 0 Å². The van der Waals surface area contributed by atoms with Crippen LogP contribution >= 0.6 is 0 Å². The van der Waals surface area contributed by atoms with E-state index < -0.39 is 0 Å². The molecule has 14 heavy (non-hydrogen) atoms. The van der Waals surface area contributed by atoms with Gasteiger partial charge in [-0.3, -0.25) is 0 Å². The molecule has 0 spiro atoms. The van der Waals surface area contributed by atoms with Gasteiger partial charge in [0.1, 0.15) is 0 Å². The highest BCUT2D eigenvalue weighted by Crippen LogP contribution is 2.26. The van der Waals surface area contributed by atoms with Gasteiger partial charge in [-0.05, 0) is 29.6 Å². The summed E-state index contributed by atoms with van der Waals surface area (Å²) in [5.74, 6) is 0.545. The van der Waals surface area contributed by atoms with E-state index in [0.29, 0.717) is 18.7 Å². The molecule has 0 atom stereocenters. The number of hydrogen-bond donors (Lipinski definition) is 1. The van der Waals surface area contributed by atoms with E-state index in [1.807, 2.05) is 6.07 Å². The minimum atomic E-state index is 0.103. The Morgan fingerprint density at radius 2 is 2.36 bits per heavy atom. The molecule has 74 valence electrons. The maximum atomic E-state index is 9.42. The fourth-order valence-corrected chi connectivity index (χ4v) is 1.11. The van der Waals surface area contributed by atoms with E-state index in [0.717, 1.165) is 5.56 Å². The first kappa shape index (κ1) is 10.2. The highest BCUT2D eigenvalue weighted by molar-refractivity contribution is 5.41. The second-order valence-electron chi connectivity index (χ2n) is 2.71. The Morgan fingerprint density at radius 1 is 1.57 bits per heavy atom. The first-order valence-corrected chi connectivity index (χ1v) is 4.14. The Hall–Kier alpha value is -1.87. The number of nitrogens with zero attached hydrogens (tertiary/aromatic N) is 3. The molecule has 0 saturated heterocycles. The summed E-state index contributed by atoms with van der Waals surface area (Å²) in [6.07, 6.45) is 0.613. The number of methoxy groups -OCH3 is 1. The van der Waals surface area contributed by atoms with Gasteiger partial charge < -0.3 is 9.84 Å². The lowest BCUT2D eigenvalue weighted by Crippen LogP contribution is -1.90. The molecular formula is C9H11N3O2. The molecule has 0 aliphatic rings. The summed E-state index contributed by atoms with van der Waals surface area (Å²) in [4.78, 5) is 2.64. The van der Waals surface area contributed by atoms with Crippen molar-refractivity contribution in [3.05, 3.63) is 34.2 Å². The Kier molecular flexibility index (Phi) is 3.64. The summed E-state index contributed by atoms with van der Waals surface area (Å²) in [5, 5.41) is 12.8. The average Bonchev–Trinajstić information content (AvgIpc) is 2.18. The van der Waals surface area contributed by atoms with Crippen molar-refractivity contribution in [3.8, 4) is 11.5 Å². The topological polar surface area (TPSA) is 78.2 Å². The molecule has 1 aromatic rings. The zero-order valence-corrected chi connectivity index (χ0v) is 7.84. The summed E-state index contributed by atoms with van der Waals surface area (Å²) >= 11 is 0. The molecular weight excluding hydrogens is 182 g/mol. The predicted molar refractivity (Wildman–Crippen MR) is 52.4 cm³/mol. The van der Waals surface area contributed by atoms with Crippen molar-refractivity contribution >= 4 is 0 Å². The van der Waals surface area contributed by atoms with Crippen LogP contribution in [0.3, 0.4) is 0 Å². The van der Waals surface area contributed by atoms with E-state index in [1.54, 1.807) is 12.1 Å². The molecule has 1 rings (SSSR count). The number of benzene rings is 1. The summed E-state index contributed by atoms with van der Waals surface area (Å²) in [6.45, 7) is 0.391. The molecule has 0 heterocycles. The van der Waals surface area contributed by atoms with Crippen LogP contribution in [0.15, 0.2) is 23.3 Å². The quantitative estimate of drug-likeness (QED) is 0.452. The smallest absolute Gasteiger partial charge is 0.160 e. The van der Waals surface area contributed by atoms with Crippen molar-refractivity contribution in [3.63, 3.8) is 0 Å². The van der Waals surface area contributed by atoms with E-state index in [9.17, 15) is 5.11 Å². The largest absolute Gasteiger partial charge is 0.504 e. The van der Waals surface area contributed by atoms with Crippen LogP contribution in [0, 0.1) is 0 Å². The summed E-state index contributed by atoms with van der Waals surface area (Å²) in [6, 6.07) is 5.11. The molecule has 1 N–H and O–H groups in total. The van der Waals surface area contributed by atoms with Gasteiger partial charge in [0, 0.05) is 11.5 Å². The predicted octanol–water partition coefficient (Wildman–Crippen LogP) is 2.25. The highest BCUT2D eigenvalue weighted by atomic mass is 16.5. The number of rotatable bonds is 4. The first-order chi connectivity index (χ1) is 6.77. The molecule has 5 nitrogen and oxygen atoms in total. The average molecular weight is 193 g/mol. The van der Waals surface area contributed by atoms with Gasteiger partial charge in [-0.2, -0.15) is 0 Å². The fourth-order valence-electron chi connectivity index (χ4n) is 1.11. The highest BCUT2D eigenvalue weighted by Gasteiger charge is 2.01. The fraction of sp³-hybridized carbons (Fsp3) is 0.333. The lowest BCUT2D eigenvalue weighted by Gasteiger charge is -2.04. The summed E-state index contributed by atoms with van der Waals surface area (Å²) in [5.41, 5.74) is 8.98. The molecule has 0 fully saturated rings. The monoisotopic (exact) mass is 193 g/mol. The Bertz CT molecular complexity index is 359. The molecule has 0 amide bonds. The Balaban J connectivity index is 2.70. The Morgan fingerprint density at radius 3 is 2.93 bits per heavy atom. The van der Waals surface area contributed by atoms with Gasteiger partial charge in [-0.15, -0.1) is 0 Å². The SMILES string of the molecule is COc1ccc(CCN=[N+]=[N-])cc1O. The van der Waals surface area contributed by atoms with Crippen molar-refractivity contribution in [1.29, 1.82) is 0 Å². The van der Waals surface area contributed by atoms with E-state index in [4.69, 9.17) is 10.3 Å². The molecule has 0 aliphatic carbocycles. The van der Waals surface area contributed by atoms with E-state index in [-0.39, 0.29) is 5.75 Å². The third kappa shape index (κ3) is 2.57. The molecule has 0 saturated carbocycles. The van der Waals surface area contributed by atoms with Crippen molar-refractivity contribution in [1.82, 2.24) is 0 Å². The number of azide groups is 1. The molecule has 0 aliphatic heterocycles. The zero-order chi connectivity index (χ0) is 10.4. The van der Waals surface area contributed by atoms with Gasteiger partial charge in [0.05, 0.1) is 7.11 Å². The van der Waals surface area contributed by atoms with Crippen LogP contribution in [0.2, 0.25) is 0 Å². The van der Waals surface area contributed by atoms with Crippen molar-refractivity contribution in [2.75, 3.05) is 13.7 Å². The number of phenols is 1. The molecule has 1 aromatic carbocycles. The second-order valence-corrected chi connectivity index (χ2v) is 2.71. The van der Waals surface area contributed by atoms with Crippen molar-refractivity contribution in [2.45, 2.75) is 6.42 Å². The first-order valence-electron chi connectivity index (χ1n) is 4.14. The van der Waals surface area contributed by atoms with E-state index in [1.165, 1.54) is 7.11 Å². The number of ether oxygens (including phenoxy) is 1. The minimum Gasteiger partial charge on any atom is -0.504 e. The normalized spacial score (nSPS) is 9.21. The van der Waals surface area contributed by atoms with Gasteiger partial charge in [0.2, 0.25) is 0 Å². The van der Waals surface area contributed by atoms with Crippen LogP contribution in [0.1, 0.15) is 5.56 Å². The Labute approximate surface area is 81.6 Å². The maximum Gasteiger partial charge on any atom is 0.160 e. The van der Waals surface area contributed by atoms with Gasteiger partial charge in [-0.25, -0.2) is 0 Å². The molecule has 5 heteroatoms. The minimum absolute atomic E-state index is 0.103. The van der Waals surface area contributed by atoms with Gasteiger partial charge >= 0.3 is 0 Å². The third-order valence-electron chi connectivity index (χ3n) is 1.81. The van der Waals surface area contributed by atoms with Crippen LogP contribution in [-0.2, 0) is 6.42 Å².